The summed E-state index contributed by atoms with van der Waals surface area (Å²) in [6.45, 7) is 0. The molecule has 0 unspecified atom stereocenters. The highest BCUT2D eigenvalue weighted by Gasteiger charge is 2.10. The van der Waals surface area contributed by atoms with Crippen molar-refractivity contribution in [2.45, 2.75) is 4.55 Å². The van der Waals surface area contributed by atoms with Crippen molar-refractivity contribution in [3.63, 3.8) is 0 Å². The van der Waals surface area contributed by atoms with Gasteiger partial charge in [0.05, 0.1) is 5.10 Å². The number of hydrogen-bond acceptors (Lipinski definition) is 2. The van der Waals surface area contributed by atoms with Crippen LogP contribution in [0.3, 0.4) is 0 Å². The average molecular weight is 422 g/mol. The Morgan fingerprint density at radius 2 is 2.31 bits per heavy atom. The van der Waals surface area contributed by atoms with E-state index in [2.05, 4.69) is 32.8 Å². The molecule has 0 fully saturated rings. The summed E-state index contributed by atoms with van der Waals surface area (Å²) >= 11 is 7.94. The Morgan fingerprint density at radius 3 is 3.00 bits per heavy atom. The Kier molecular flexibility index (Phi) is 4.10. The lowest BCUT2D eigenvalue weighted by Crippen LogP contribution is -3.00. The summed E-state index contributed by atoms with van der Waals surface area (Å²) in [5.74, 6) is 0. The first-order valence-electron chi connectivity index (χ1n) is 3.27. The van der Waals surface area contributed by atoms with Crippen LogP contribution < -0.4 is 28.5 Å². The van der Waals surface area contributed by atoms with Gasteiger partial charge in [-0.2, -0.15) is 0 Å². The Morgan fingerprint density at radius 1 is 1.54 bits per heavy atom. The minimum atomic E-state index is 0. The molecule has 2 heterocycles. The lowest BCUT2D eigenvalue weighted by atomic mass is 10.5. The van der Waals surface area contributed by atoms with Gasteiger partial charge in [0.1, 0.15) is 4.55 Å². The van der Waals surface area contributed by atoms with Crippen LogP contribution in [0.15, 0.2) is 18.5 Å². The molecular weight excluding hydrogens is 417 g/mol. The summed E-state index contributed by atoms with van der Waals surface area (Å²) in [6.07, 6.45) is 1.73. The van der Waals surface area contributed by atoms with E-state index < -0.39 is 0 Å². The van der Waals surface area contributed by atoms with Crippen LogP contribution in [0.1, 0.15) is 0 Å². The molecule has 0 saturated heterocycles. The van der Waals surface area contributed by atoms with Crippen molar-refractivity contribution in [1.82, 2.24) is 14.8 Å². The standard InChI is InChI=1S/C6H5ClIN4.HI/c7-5-1-2-6-11(3-8)4-9-12(6)10-5;/h1-2,4H,3H2;1H/q+1;/p-1. The van der Waals surface area contributed by atoms with Crippen molar-refractivity contribution >= 4 is 39.8 Å². The fourth-order valence-electron chi connectivity index (χ4n) is 0.943. The molecular formula is C6H5ClI2N4. The fourth-order valence-corrected chi connectivity index (χ4v) is 1.60. The highest BCUT2D eigenvalue weighted by molar-refractivity contribution is 14.1. The fraction of sp³-hybridized carbons (Fsp3) is 0.167. The van der Waals surface area contributed by atoms with Crippen LogP contribution in [0.5, 0.6) is 0 Å². The van der Waals surface area contributed by atoms with Gasteiger partial charge in [0, 0.05) is 10.7 Å². The maximum Gasteiger partial charge on any atom is 0.290 e. The maximum absolute atomic E-state index is 5.69. The van der Waals surface area contributed by atoms with Crippen LogP contribution in [-0.4, -0.2) is 14.8 Å². The molecule has 70 valence electrons. The van der Waals surface area contributed by atoms with Gasteiger partial charge in [-0.05, 0) is 28.7 Å². The van der Waals surface area contributed by atoms with Gasteiger partial charge in [-0.3, -0.25) is 0 Å². The average Bonchev–Trinajstić information content (AvgIpc) is 2.46. The number of fused-ring (bicyclic) bond motifs is 1. The molecule has 13 heavy (non-hydrogen) atoms. The Balaban J connectivity index is 0.000000845. The van der Waals surface area contributed by atoms with Crippen molar-refractivity contribution < 1.29 is 28.5 Å². The Hall–Kier alpha value is 0.300. The summed E-state index contributed by atoms with van der Waals surface area (Å²) in [7, 11) is 0. The van der Waals surface area contributed by atoms with E-state index in [-0.39, 0.29) is 24.0 Å². The van der Waals surface area contributed by atoms with Gasteiger partial charge in [-0.1, -0.05) is 16.7 Å². The first kappa shape index (κ1) is 11.4. The summed E-state index contributed by atoms with van der Waals surface area (Å²) in [5, 5.41) is 8.47. The molecule has 0 aliphatic rings. The number of nitrogens with zero attached hydrogens (tertiary/aromatic N) is 4. The molecule has 2 aromatic rings. The zero-order valence-electron chi connectivity index (χ0n) is 6.36. The number of aromatic nitrogens is 4. The molecule has 7 heteroatoms. The Bertz CT molecular complexity index is 416. The molecule has 2 aromatic heterocycles. The van der Waals surface area contributed by atoms with Crippen LogP contribution >= 0.6 is 34.2 Å². The second-order valence-electron chi connectivity index (χ2n) is 2.22. The van der Waals surface area contributed by atoms with E-state index in [0.29, 0.717) is 5.15 Å². The zero-order chi connectivity index (χ0) is 8.55. The van der Waals surface area contributed by atoms with Gasteiger partial charge in [0.15, 0.2) is 5.15 Å². The highest BCUT2D eigenvalue weighted by atomic mass is 127. The smallest absolute Gasteiger partial charge is 0.290 e. The molecule has 0 bridgehead atoms. The number of halogens is 3. The van der Waals surface area contributed by atoms with E-state index in [4.69, 9.17) is 11.6 Å². The van der Waals surface area contributed by atoms with E-state index in [9.17, 15) is 0 Å². The van der Waals surface area contributed by atoms with Crippen molar-refractivity contribution in [2.75, 3.05) is 0 Å². The van der Waals surface area contributed by atoms with Gasteiger partial charge >= 0.3 is 0 Å². The third-order valence-electron chi connectivity index (χ3n) is 1.49. The monoisotopic (exact) mass is 422 g/mol. The minimum absolute atomic E-state index is 0. The van der Waals surface area contributed by atoms with Gasteiger partial charge < -0.3 is 24.0 Å². The third-order valence-corrected chi connectivity index (χ3v) is 2.43. The third kappa shape index (κ3) is 2.21. The first-order chi connectivity index (χ1) is 5.81. The molecule has 0 aliphatic carbocycles. The summed E-state index contributed by atoms with van der Waals surface area (Å²) in [5.41, 5.74) is 0.939. The number of rotatable bonds is 1. The normalized spacial score (nSPS) is 10.0. The predicted molar refractivity (Wildman–Crippen MR) is 52.2 cm³/mol. The summed E-state index contributed by atoms with van der Waals surface area (Å²) in [6, 6.07) is 3.64. The van der Waals surface area contributed by atoms with E-state index in [1.54, 1.807) is 12.4 Å². The molecule has 0 amide bonds. The van der Waals surface area contributed by atoms with Gasteiger partial charge in [0.2, 0.25) is 0 Å². The molecule has 4 nitrogen and oxygen atoms in total. The van der Waals surface area contributed by atoms with E-state index in [1.165, 1.54) is 4.63 Å². The van der Waals surface area contributed by atoms with Crippen molar-refractivity contribution in [3.8, 4) is 0 Å². The van der Waals surface area contributed by atoms with Crippen molar-refractivity contribution in [2.24, 2.45) is 0 Å². The van der Waals surface area contributed by atoms with Crippen LogP contribution in [0.25, 0.3) is 5.65 Å². The van der Waals surface area contributed by atoms with Crippen LogP contribution in [-0.2, 0) is 4.55 Å². The second-order valence-corrected chi connectivity index (χ2v) is 3.29. The molecule has 0 aliphatic heterocycles. The number of alkyl halides is 1. The lowest BCUT2D eigenvalue weighted by molar-refractivity contribution is -0.645. The van der Waals surface area contributed by atoms with Gasteiger partial charge in [-0.15, -0.1) is 0 Å². The van der Waals surface area contributed by atoms with Gasteiger partial charge in [0.25, 0.3) is 12.0 Å². The van der Waals surface area contributed by atoms with Gasteiger partial charge in [-0.25, -0.2) is 4.57 Å². The molecule has 0 N–H and O–H groups in total. The quantitative estimate of drug-likeness (QED) is 0.305. The zero-order valence-corrected chi connectivity index (χ0v) is 11.4. The van der Waals surface area contributed by atoms with E-state index in [0.717, 1.165) is 10.2 Å². The second kappa shape index (κ2) is 4.69. The lowest BCUT2D eigenvalue weighted by Gasteiger charge is -1.87. The molecule has 2 rings (SSSR count). The van der Waals surface area contributed by atoms with E-state index >= 15 is 0 Å². The maximum atomic E-state index is 5.69. The Labute approximate surface area is 110 Å². The molecule has 0 saturated carbocycles. The van der Waals surface area contributed by atoms with Crippen LogP contribution in [0, 0.1) is 0 Å². The molecule has 0 radical (unpaired) electrons. The molecule has 0 atom stereocenters. The highest BCUT2D eigenvalue weighted by Crippen LogP contribution is 2.03. The largest absolute Gasteiger partial charge is 1.00 e. The topological polar surface area (TPSA) is 34.1 Å². The van der Waals surface area contributed by atoms with E-state index in [1.807, 2.05) is 10.6 Å². The first-order valence-corrected chi connectivity index (χ1v) is 5.17. The summed E-state index contributed by atoms with van der Waals surface area (Å²) in [4.78, 5) is 0. The minimum Gasteiger partial charge on any atom is -1.00 e. The van der Waals surface area contributed by atoms with Crippen molar-refractivity contribution in [1.29, 1.82) is 0 Å². The summed E-state index contributed by atoms with van der Waals surface area (Å²) < 4.78 is 4.34. The molecule has 0 aromatic carbocycles. The number of hydrogen-bond donors (Lipinski definition) is 0. The van der Waals surface area contributed by atoms with Crippen LogP contribution in [0.4, 0.5) is 0 Å². The molecule has 0 spiro atoms. The van der Waals surface area contributed by atoms with Crippen LogP contribution in [0.2, 0.25) is 5.15 Å². The predicted octanol–water partition coefficient (Wildman–Crippen LogP) is -1.93. The van der Waals surface area contributed by atoms with Crippen molar-refractivity contribution in [3.05, 3.63) is 23.6 Å². The SMILES string of the molecule is Clc1ccc2n(nc[n+]2CI)n1.[I-].